The molecule has 0 aromatic heterocycles. The summed E-state index contributed by atoms with van der Waals surface area (Å²) in [4.78, 5) is 2.62. The van der Waals surface area contributed by atoms with Crippen LogP contribution in [0.25, 0.3) is 0 Å². The van der Waals surface area contributed by atoms with E-state index < -0.39 is 0 Å². The molecule has 0 heterocycles. The van der Waals surface area contributed by atoms with Gasteiger partial charge in [-0.2, -0.15) is 0 Å². The van der Waals surface area contributed by atoms with Gasteiger partial charge in [-0.15, -0.1) is 0 Å². The van der Waals surface area contributed by atoms with Crippen molar-refractivity contribution in [3.63, 3.8) is 0 Å². The lowest BCUT2D eigenvalue weighted by Crippen LogP contribution is -2.57. The molecule has 0 aliphatic heterocycles. The molecule has 1 aliphatic rings. The van der Waals surface area contributed by atoms with Gasteiger partial charge in [-0.25, -0.2) is 0 Å². The molecule has 0 amide bonds. The van der Waals surface area contributed by atoms with Gasteiger partial charge >= 0.3 is 0 Å². The van der Waals surface area contributed by atoms with Crippen LogP contribution < -0.4 is 5.32 Å². The summed E-state index contributed by atoms with van der Waals surface area (Å²) in [5, 5.41) is 3.52. The fraction of sp³-hybridized carbons (Fsp3) is 1.00. The van der Waals surface area contributed by atoms with E-state index in [2.05, 4.69) is 45.0 Å². The fourth-order valence-corrected chi connectivity index (χ4v) is 3.44. The van der Waals surface area contributed by atoms with E-state index in [0.717, 1.165) is 13.2 Å². The molecular weight excluding hydrogens is 224 g/mol. The molecule has 18 heavy (non-hydrogen) atoms. The molecule has 1 aliphatic carbocycles. The van der Waals surface area contributed by atoms with Crippen LogP contribution in [0.5, 0.6) is 0 Å². The number of ether oxygens (including phenoxy) is 1. The van der Waals surface area contributed by atoms with E-state index in [9.17, 15) is 0 Å². The Bertz CT molecular complexity index is 243. The van der Waals surface area contributed by atoms with Crippen molar-refractivity contribution < 1.29 is 4.74 Å². The molecule has 108 valence electrons. The largest absolute Gasteiger partial charge is 0.383 e. The minimum absolute atomic E-state index is 0.470. The Morgan fingerprint density at radius 1 is 1.44 bits per heavy atom. The summed E-state index contributed by atoms with van der Waals surface area (Å²) in [6, 6.07) is 1.75. The van der Waals surface area contributed by atoms with Gasteiger partial charge in [0, 0.05) is 25.2 Å². The third kappa shape index (κ3) is 3.94. The second kappa shape index (κ2) is 6.88. The molecule has 3 unspecified atom stereocenters. The van der Waals surface area contributed by atoms with Crippen molar-refractivity contribution in [3.8, 4) is 0 Å². The highest BCUT2D eigenvalue weighted by atomic mass is 16.5. The molecular formula is C15H32N2O. The number of methoxy groups -OCH3 is 1. The maximum atomic E-state index is 5.34. The molecule has 1 N–H and O–H groups in total. The second-order valence-electron chi connectivity index (χ2n) is 6.50. The van der Waals surface area contributed by atoms with Crippen LogP contribution in [-0.2, 0) is 4.74 Å². The SMILES string of the molecule is CCN(C(C)COC)C1CC(C)(C)CCC1NC. The highest BCUT2D eigenvalue weighted by molar-refractivity contribution is 4.95. The van der Waals surface area contributed by atoms with Crippen molar-refractivity contribution in [1.29, 1.82) is 0 Å². The molecule has 1 rings (SSSR count). The summed E-state index contributed by atoms with van der Waals surface area (Å²) in [6.45, 7) is 11.3. The number of rotatable bonds is 6. The third-order valence-corrected chi connectivity index (χ3v) is 4.49. The standard InChI is InChI=1S/C15H32N2O/c1-7-17(12(2)11-18-6)14-10-15(3,4)9-8-13(14)16-5/h12-14,16H,7-11H2,1-6H3. The van der Waals surface area contributed by atoms with Crippen LogP contribution in [0.1, 0.15) is 47.0 Å². The summed E-state index contributed by atoms with van der Waals surface area (Å²) >= 11 is 0. The number of nitrogens with zero attached hydrogens (tertiary/aromatic N) is 1. The van der Waals surface area contributed by atoms with Crippen molar-refractivity contribution in [1.82, 2.24) is 10.2 Å². The van der Waals surface area contributed by atoms with E-state index in [1.807, 2.05) is 0 Å². The van der Waals surface area contributed by atoms with Crippen molar-refractivity contribution in [2.45, 2.75) is 65.1 Å². The van der Waals surface area contributed by atoms with Gasteiger partial charge in [-0.1, -0.05) is 20.8 Å². The van der Waals surface area contributed by atoms with Crippen LogP contribution in [0.15, 0.2) is 0 Å². The van der Waals surface area contributed by atoms with Crippen LogP contribution in [0.3, 0.4) is 0 Å². The van der Waals surface area contributed by atoms with Gasteiger partial charge in [-0.3, -0.25) is 4.90 Å². The minimum atomic E-state index is 0.470. The lowest BCUT2D eigenvalue weighted by Gasteiger charge is -2.47. The van der Waals surface area contributed by atoms with Gasteiger partial charge in [-0.05, 0) is 45.2 Å². The Hall–Kier alpha value is -0.120. The highest BCUT2D eigenvalue weighted by Crippen LogP contribution is 2.37. The first-order valence-corrected chi connectivity index (χ1v) is 7.37. The average Bonchev–Trinajstić information content (AvgIpc) is 2.29. The van der Waals surface area contributed by atoms with Gasteiger partial charge < -0.3 is 10.1 Å². The van der Waals surface area contributed by atoms with E-state index in [0.29, 0.717) is 23.5 Å². The first kappa shape index (κ1) is 15.9. The average molecular weight is 256 g/mol. The zero-order valence-corrected chi connectivity index (χ0v) is 13.1. The van der Waals surface area contributed by atoms with Crippen molar-refractivity contribution in [2.75, 3.05) is 27.3 Å². The molecule has 3 atom stereocenters. The first-order chi connectivity index (χ1) is 8.45. The molecule has 0 aromatic carbocycles. The predicted octanol–water partition coefficient (Wildman–Crippen LogP) is 2.51. The Morgan fingerprint density at radius 3 is 2.61 bits per heavy atom. The predicted molar refractivity (Wildman–Crippen MR) is 78.0 cm³/mol. The fourth-order valence-electron chi connectivity index (χ4n) is 3.44. The van der Waals surface area contributed by atoms with Crippen LogP contribution in [0.2, 0.25) is 0 Å². The molecule has 0 saturated heterocycles. The summed E-state index contributed by atoms with van der Waals surface area (Å²) in [5.74, 6) is 0. The molecule has 1 saturated carbocycles. The van der Waals surface area contributed by atoms with E-state index in [4.69, 9.17) is 4.74 Å². The lowest BCUT2D eigenvalue weighted by molar-refractivity contribution is 0.0183. The Labute approximate surface area is 113 Å². The van der Waals surface area contributed by atoms with E-state index >= 15 is 0 Å². The van der Waals surface area contributed by atoms with Crippen LogP contribution in [0, 0.1) is 5.41 Å². The van der Waals surface area contributed by atoms with Crippen LogP contribution in [0.4, 0.5) is 0 Å². The monoisotopic (exact) mass is 256 g/mol. The third-order valence-electron chi connectivity index (χ3n) is 4.49. The van der Waals surface area contributed by atoms with Crippen LogP contribution >= 0.6 is 0 Å². The summed E-state index contributed by atoms with van der Waals surface area (Å²) in [6.07, 6.45) is 3.88. The van der Waals surface area contributed by atoms with E-state index in [1.54, 1.807) is 7.11 Å². The molecule has 3 heteroatoms. The molecule has 3 nitrogen and oxygen atoms in total. The second-order valence-corrected chi connectivity index (χ2v) is 6.50. The molecule has 0 bridgehead atoms. The number of nitrogens with one attached hydrogen (secondary N) is 1. The van der Waals surface area contributed by atoms with E-state index in [1.165, 1.54) is 19.3 Å². The Kier molecular flexibility index (Phi) is 6.09. The zero-order chi connectivity index (χ0) is 13.8. The Morgan fingerprint density at radius 2 is 2.11 bits per heavy atom. The lowest BCUT2D eigenvalue weighted by atomic mass is 9.72. The van der Waals surface area contributed by atoms with Crippen molar-refractivity contribution in [3.05, 3.63) is 0 Å². The van der Waals surface area contributed by atoms with E-state index in [-0.39, 0.29) is 0 Å². The molecule has 0 radical (unpaired) electrons. The van der Waals surface area contributed by atoms with Gasteiger partial charge in [0.1, 0.15) is 0 Å². The van der Waals surface area contributed by atoms with Crippen molar-refractivity contribution in [2.24, 2.45) is 5.41 Å². The van der Waals surface area contributed by atoms with Gasteiger partial charge in [0.05, 0.1) is 6.61 Å². The summed E-state index contributed by atoms with van der Waals surface area (Å²) in [5.41, 5.74) is 0.470. The topological polar surface area (TPSA) is 24.5 Å². The van der Waals surface area contributed by atoms with Gasteiger partial charge in [0.2, 0.25) is 0 Å². The summed E-state index contributed by atoms with van der Waals surface area (Å²) in [7, 11) is 3.90. The normalized spacial score (nSPS) is 29.5. The maximum Gasteiger partial charge on any atom is 0.0615 e. The first-order valence-electron chi connectivity index (χ1n) is 7.37. The molecule has 1 fully saturated rings. The maximum absolute atomic E-state index is 5.34. The number of hydrogen-bond donors (Lipinski definition) is 1. The van der Waals surface area contributed by atoms with Gasteiger partial charge in [0.25, 0.3) is 0 Å². The highest BCUT2D eigenvalue weighted by Gasteiger charge is 2.38. The zero-order valence-electron chi connectivity index (χ0n) is 13.1. The van der Waals surface area contributed by atoms with Crippen LogP contribution in [-0.4, -0.2) is 50.3 Å². The number of likely N-dealkylation sites (N-methyl/N-ethyl adjacent to an activating group) is 2. The summed E-state index contributed by atoms with van der Waals surface area (Å²) < 4.78 is 5.34. The molecule has 0 spiro atoms. The minimum Gasteiger partial charge on any atom is -0.383 e. The smallest absolute Gasteiger partial charge is 0.0615 e. The number of hydrogen-bond acceptors (Lipinski definition) is 3. The van der Waals surface area contributed by atoms with Gasteiger partial charge in [0.15, 0.2) is 0 Å². The Balaban J connectivity index is 2.78. The quantitative estimate of drug-likeness (QED) is 0.790. The van der Waals surface area contributed by atoms with Crippen molar-refractivity contribution >= 4 is 0 Å². The molecule has 0 aromatic rings.